The molecular weight excluding hydrogens is 336 g/mol. The first-order valence-electron chi connectivity index (χ1n) is 7.79. The molecule has 1 aromatic heterocycles. The van der Waals surface area contributed by atoms with E-state index in [4.69, 9.17) is 9.84 Å². The highest BCUT2D eigenvalue weighted by atomic mass is 16.5. The Morgan fingerprint density at radius 1 is 1.19 bits per heavy atom. The van der Waals surface area contributed by atoms with Crippen LogP contribution in [0.25, 0.3) is 11.0 Å². The highest BCUT2D eigenvalue weighted by Gasteiger charge is 2.07. The summed E-state index contributed by atoms with van der Waals surface area (Å²) in [4.78, 5) is 26.9. The summed E-state index contributed by atoms with van der Waals surface area (Å²) in [7, 11) is 0. The molecule has 0 spiro atoms. The van der Waals surface area contributed by atoms with E-state index in [-0.39, 0.29) is 12.5 Å². The van der Waals surface area contributed by atoms with Crippen LogP contribution < -0.4 is 10.2 Å². The second kappa shape index (κ2) is 7.93. The van der Waals surface area contributed by atoms with Gasteiger partial charge < -0.3 is 14.4 Å². The van der Waals surface area contributed by atoms with Gasteiger partial charge in [0.1, 0.15) is 12.3 Å². The van der Waals surface area contributed by atoms with E-state index in [2.05, 4.69) is 15.5 Å². The van der Waals surface area contributed by atoms with Crippen LogP contribution in [0.3, 0.4) is 0 Å². The molecule has 26 heavy (non-hydrogen) atoms. The van der Waals surface area contributed by atoms with Crippen molar-refractivity contribution in [2.45, 2.75) is 6.54 Å². The first-order chi connectivity index (χ1) is 12.6. The Kier molecular flexibility index (Phi) is 5.23. The van der Waals surface area contributed by atoms with Crippen molar-refractivity contribution in [3.8, 4) is 5.75 Å². The quantitative estimate of drug-likeness (QED) is 0.497. The SMILES string of the molecule is O=C(O)COc1ccccc1C=NNC(=O)Cn1cnc2ccccc21. The van der Waals surface area contributed by atoms with E-state index >= 15 is 0 Å². The van der Waals surface area contributed by atoms with Crippen molar-refractivity contribution in [2.75, 3.05) is 6.61 Å². The first-order valence-corrected chi connectivity index (χ1v) is 7.79. The number of fused-ring (bicyclic) bond motifs is 1. The molecule has 3 aromatic rings. The number of para-hydroxylation sites is 3. The highest BCUT2D eigenvalue weighted by molar-refractivity contribution is 5.86. The van der Waals surface area contributed by atoms with Crippen molar-refractivity contribution in [1.82, 2.24) is 15.0 Å². The summed E-state index contributed by atoms with van der Waals surface area (Å²) >= 11 is 0. The number of benzene rings is 2. The van der Waals surface area contributed by atoms with E-state index in [1.165, 1.54) is 6.21 Å². The average molecular weight is 352 g/mol. The van der Waals surface area contributed by atoms with Crippen LogP contribution in [0.1, 0.15) is 5.56 Å². The van der Waals surface area contributed by atoms with E-state index in [0.29, 0.717) is 11.3 Å². The summed E-state index contributed by atoms with van der Waals surface area (Å²) in [5.41, 5.74) is 4.67. The highest BCUT2D eigenvalue weighted by Crippen LogP contribution is 2.15. The third kappa shape index (κ3) is 4.23. The monoisotopic (exact) mass is 352 g/mol. The molecule has 2 N–H and O–H groups in total. The topological polar surface area (TPSA) is 106 Å². The number of hydrogen-bond donors (Lipinski definition) is 2. The molecule has 3 rings (SSSR count). The number of nitrogens with one attached hydrogen (secondary N) is 1. The third-order valence-electron chi connectivity index (χ3n) is 3.50. The van der Waals surface area contributed by atoms with Crippen LogP contribution in [-0.4, -0.2) is 39.4 Å². The number of carboxylic acids is 1. The number of aromatic nitrogens is 2. The molecule has 0 saturated heterocycles. The van der Waals surface area contributed by atoms with Gasteiger partial charge in [0.25, 0.3) is 5.91 Å². The normalized spacial score (nSPS) is 10.9. The Morgan fingerprint density at radius 3 is 2.81 bits per heavy atom. The molecular formula is C18H16N4O4. The van der Waals surface area contributed by atoms with E-state index < -0.39 is 12.6 Å². The van der Waals surface area contributed by atoms with Crippen molar-refractivity contribution in [1.29, 1.82) is 0 Å². The van der Waals surface area contributed by atoms with Crippen LogP contribution in [0.4, 0.5) is 0 Å². The number of carboxylic acid groups (broad SMARTS) is 1. The van der Waals surface area contributed by atoms with E-state index in [1.807, 2.05) is 24.3 Å². The number of ether oxygens (including phenoxy) is 1. The molecule has 0 saturated carbocycles. The molecule has 0 atom stereocenters. The van der Waals surface area contributed by atoms with Gasteiger partial charge in [-0.05, 0) is 24.3 Å². The number of carbonyl (C=O) groups is 2. The number of hydrazone groups is 1. The standard InChI is InChI=1S/C18H16N4O4/c23-17(10-22-12-19-14-6-2-3-7-15(14)22)21-20-9-13-5-1-4-8-16(13)26-11-18(24)25/h1-9,12H,10-11H2,(H,21,23)(H,24,25). The second-order valence-corrected chi connectivity index (χ2v) is 5.37. The molecule has 0 aliphatic carbocycles. The zero-order valence-electron chi connectivity index (χ0n) is 13.7. The predicted octanol–water partition coefficient (Wildman–Crippen LogP) is 1.65. The Labute approximate surface area is 148 Å². The molecule has 0 radical (unpaired) electrons. The molecule has 0 fully saturated rings. The Morgan fingerprint density at radius 2 is 1.96 bits per heavy atom. The third-order valence-corrected chi connectivity index (χ3v) is 3.50. The minimum atomic E-state index is -1.07. The molecule has 0 unspecified atom stereocenters. The van der Waals surface area contributed by atoms with Gasteiger partial charge >= 0.3 is 5.97 Å². The smallest absolute Gasteiger partial charge is 0.341 e. The lowest BCUT2D eigenvalue weighted by molar-refractivity contribution is -0.139. The Bertz CT molecular complexity index is 964. The van der Waals surface area contributed by atoms with Crippen molar-refractivity contribution < 1.29 is 19.4 Å². The van der Waals surface area contributed by atoms with E-state index in [1.54, 1.807) is 35.2 Å². The Balaban J connectivity index is 1.62. The largest absolute Gasteiger partial charge is 0.481 e. The molecule has 0 aliphatic rings. The van der Waals surface area contributed by atoms with Crippen molar-refractivity contribution in [3.05, 3.63) is 60.4 Å². The Hall–Kier alpha value is -3.68. The molecule has 0 aliphatic heterocycles. The number of nitrogens with zero attached hydrogens (tertiary/aromatic N) is 3. The summed E-state index contributed by atoms with van der Waals surface area (Å²) in [6.45, 7) is -0.375. The maximum absolute atomic E-state index is 12.1. The number of rotatable bonds is 7. The zero-order chi connectivity index (χ0) is 18.4. The van der Waals surface area contributed by atoms with Crippen molar-refractivity contribution in [2.24, 2.45) is 5.10 Å². The van der Waals surface area contributed by atoms with Crippen molar-refractivity contribution in [3.63, 3.8) is 0 Å². The predicted molar refractivity (Wildman–Crippen MR) is 95.0 cm³/mol. The van der Waals surface area contributed by atoms with E-state index in [9.17, 15) is 9.59 Å². The number of imidazole rings is 1. The first kappa shape index (κ1) is 17.2. The van der Waals surface area contributed by atoms with Gasteiger partial charge in [-0.2, -0.15) is 5.10 Å². The minimum absolute atomic E-state index is 0.0784. The number of amides is 1. The maximum Gasteiger partial charge on any atom is 0.341 e. The van der Waals surface area contributed by atoms with Gasteiger partial charge in [-0.15, -0.1) is 0 Å². The molecule has 0 bridgehead atoms. The molecule has 1 heterocycles. The van der Waals surface area contributed by atoms with Crippen LogP contribution in [0, 0.1) is 0 Å². The van der Waals surface area contributed by atoms with Gasteiger partial charge in [0.15, 0.2) is 6.61 Å². The van der Waals surface area contributed by atoms with Crippen LogP contribution >= 0.6 is 0 Å². The van der Waals surface area contributed by atoms with Crippen LogP contribution in [0.15, 0.2) is 60.0 Å². The summed E-state index contributed by atoms with van der Waals surface area (Å²) in [6.07, 6.45) is 3.00. The number of hydrogen-bond acceptors (Lipinski definition) is 5. The summed E-state index contributed by atoms with van der Waals surface area (Å²) < 4.78 is 6.90. The van der Waals surface area contributed by atoms with Gasteiger partial charge in [-0.25, -0.2) is 15.2 Å². The molecule has 2 aromatic carbocycles. The summed E-state index contributed by atoms with van der Waals surface area (Å²) in [6, 6.07) is 14.3. The molecule has 8 nitrogen and oxygen atoms in total. The average Bonchev–Trinajstić information content (AvgIpc) is 3.04. The fraction of sp³-hybridized carbons (Fsp3) is 0.111. The molecule has 8 heteroatoms. The van der Waals surface area contributed by atoms with E-state index in [0.717, 1.165) is 11.0 Å². The fourth-order valence-corrected chi connectivity index (χ4v) is 2.36. The molecule has 1 amide bonds. The minimum Gasteiger partial charge on any atom is -0.481 e. The van der Waals surface area contributed by atoms with Gasteiger partial charge in [0.2, 0.25) is 0 Å². The zero-order valence-corrected chi connectivity index (χ0v) is 13.7. The van der Waals surface area contributed by atoms with Gasteiger partial charge in [-0.3, -0.25) is 4.79 Å². The van der Waals surface area contributed by atoms with Gasteiger partial charge in [0, 0.05) is 5.56 Å². The maximum atomic E-state index is 12.1. The van der Waals surface area contributed by atoms with Crippen LogP contribution in [0.2, 0.25) is 0 Å². The second-order valence-electron chi connectivity index (χ2n) is 5.37. The summed E-state index contributed by atoms with van der Waals surface area (Å²) in [5, 5.41) is 12.6. The fourth-order valence-electron chi connectivity index (χ4n) is 2.36. The summed E-state index contributed by atoms with van der Waals surface area (Å²) in [5.74, 6) is -1.01. The lowest BCUT2D eigenvalue weighted by Gasteiger charge is -2.06. The van der Waals surface area contributed by atoms with Gasteiger partial charge in [-0.1, -0.05) is 24.3 Å². The van der Waals surface area contributed by atoms with Crippen LogP contribution in [0.5, 0.6) is 5.75 Å². The van der Waals surface area contributed by atoms with Crippen LogP contribution in [-0.2, 0) is 16.1 Å². The number of aliphatic carboxylic acids is 1. The van der Waals surface area contributed by atoms with Gasteiger partial charge in [0.05, 0.1) is 23.6 Å². The molecule has 132 valence electrons. The lowest BCUT2D eigenvalue weighted by atomic mass is 10.2. The van der Waals surface area contributed by atoms with Crippen molar-refractivity contribution >= 4 is 29.1 Å². The lowest BCUT2D eigenvalue weighted by Crippen LogP contribution is -2.22. The number of carbonyl (C=O) groups excluding carboxylic acids is 1.